The molecule has 0 spiro atoms. The minimum atomic E-state index is -2.83. The third-order valence-electron chi connectivity index (χ3n) is 1.82. The third-order valence-corrected chi connectivity index (χ3v) is 2.43. The summed E-state index contributed by atoms with van der Waals surface area (Å²) in [7, 11) is 2.43. The first-order valence-corrected chi connectivity index (χ1v) is 4.91. The summed E-state index contributed by atoms with van der Waals surface area (Å²) in [6.45, 7) is 0. The quantitative estimate of drug-likeness (QED) is 0.635. The van der Waals surface area contributed by atoms with Gasteiger partial charge in [-0.1, -0.05) is 0 Å². The number of nitrogens with zero attached hydrogens (tertiary/aromatic N) is 1. The number of methoxy groups -OCH3 is 2. The van der Waals surface area contributed by atoms with Crippen molar-refractivity contribution in [3.63, 3.8) is 0 Å². The molecular weight excluding hydrogens is 288 g/mol. The predicted octanol–water partition coefficient (Wildman–Crippen LogP) is 2.58. The Morgan fingerprint density at radius 2 is 2.12 bits per heavy atom. The summed E-state index contributed by atoms with van der Waals surface area (Å²) in [5.74, 6) is -0.812. The lowest BCUT2D eigenvalue weighted by Gasteiger charge is -2.10. The molecule has 0 unspecified atom stereocenters. The zero-order valence-corrected chi connectivity index (χ0v) is 10.0. The lowest BCUT2D eigenvalue weighted by molar-refractivity contribution is 0.0588. The number of halogens is 3. The molecule has 0 fully saturated rings. The van der Waals surface area contributed by atoms with E-state index in [0.29, 0.717) is 0 Å². The topological polar surface area (TPSA) is 48.4 Å². The van der Waals surface area contributed by atoms with E-state index in [1.54, 1.807) is 0 Å². The second-order valence-electron chi connectivity index (χ2n) is 2.71. The molecule has 0 saturated carbocycles. The largest absolute Gasteiger partial charge is 0.481 e. The molecule has 0 N–H and O–H groups in total. The Kier molecular flexibility index (Phi) is 4.17. The van der Waals surface area contributed by atoms with E-state index in [1.165, 1.54) is 7.11 Å². The van der Waals surface area contributed by atoms with Crippen molar-refractivity contribution in [2.75, 3.05) is 14.2 Å². The van der Waals surface area contributed by atoms with Crippen LogP contribution in [-0.2, 0) is 4.74 Å². The van der Waals surface area contributed by atoms with Crippen LogP contribution in [0.3, 0.4) is 0 Å². The molecule has 0 bridgehead atoms. The molecule has 16 heavy (non-hydrogen) atoms. The summed E-state index contributed by atoms with van der Waals surface area (Å²) in [5, 5.41) is 0. The van der Waals surface area contributed by atoms with Gasteiger partial charge in [-0.3, -0.25) is 0 Å². The number of aromatic nitrogens is 1. The normalized spacial score (nSPS) is 10.4. The second-order valence-corrected chi connectivity index (χ2v) is 3.46. The van der Waals surface area contributed by atoms with Gasteiger partial charge in [0, 0.05) is 6.07 Å². The Morgan fingerprint density at radius 3 is 2.56 bits per heavy atom. The van der Waals surface area contributed by atoms with E-state index in [4.69, 9.17) is 4.74 Å². The number of alkyl halides is 2. The molecule has 4 nitrogen and oxygen atoms in total. The first kappa shape index (κ1) is 12.8. The van der Waals surface area contributed by atoms with Crippen LogP contribution in [0.2, 0.25) is 0 Å². The zero-order chi connectivity index (χ0) is 12.3. The van der Waals surface area contributed by atoms with E-state index in [0.717, 1.165) is 13.2 Å². The van der Waals surface area contributed by atoms with Crippen LogP contribution in [0, 0.1) is 0 Å². The molecule has 1 aromatic rings. The van der Waals surface area contributed by atoms with Crippen LogP contribution < -0.4 is 4.74 Å². The molecule has 1 aromatic heterocycles. The van der Waals surface area contributed by atoms with Crippen molar-refractivity contribution in [2.24, 2.45) is 0 Å². The summed E-state index contributed by atoms with van der Waals surface area (Å²) in [4.78, 5) is 15.0. The van der Waals surface area contributed by atoms with E-state index < -0.39 is 18.0 Å². The third kappa shape index (κ3) is 2.46. The van der Waals surface area contributed by atoms with Crippen LogP contribution in [0.15, 0.2) is 10.7 Å². The standard InChI is InChI=1S/C9H8BrF2NO3/c1-15-5-3-4(9(14)16-2)6(8(11)12)7(10)13-5/h3,8H,1-2H3. The van der Waals surface area contributed by atoms with E-state index >= 15 is 0 Å². The summed E-state index contributed by atoms with van der Waals surface area (Å²) in [6.07, 6.45) is -2.83. The Bertz CT molecular complexity index is 412. The first-order chi connectivity index (χ1) is 7.51. The molecule has 0 aliphatic heterocycles. The van der Waals surface area contributed by atoms with Crippen molar-refractivity contribution >= 4 is 21.9 Å². The fraction of sp³-hybridized carbons (Fsp3) is 0.333. The molecule has 0 aliphatic rings. The van der Waals surface area contributed by atoms with Crippen molar-refractivity contribution in [1.82, 2.24) is 4.98 Å². The lowest BCUT2D eigenvalue weighted by Crippen LogP contribution is -2.08. The van der Waals surface area contributed by atoms with Gasteiger partial charge in [-0.25, -0.2) is 18.6 Å². The molecule has 0 saturated heterocycles. The molecule has 88 valence electrons. The number of rotatable bonds is 3. The molecular formula is C9H8BrF2NO3. The predicted molar refractivity (Wildman–Crippen MR) is 54.8 cm³/mol. The molecule has 0 aromatic carbocycles. The number of pyridine rings is 1. The Balaban J connectivity index is 3.40. The van der Waals surface area contributed by atoms with Gasteiger partial charge in [-0.2, -0.15) is 0 Å². The highest BCUT2D eigenvalue weighted by atomic mass is 79.9. The maximum atomic E-state index is 12.7. The fourth-order valence-electron chi connectivity index (χ4n) is 1.09. The van der Waals surface area contributed by atoms with Gasteiger partial charge in [-0.15, -0.1) is 0 Å². The maximum Gasteiger partial charge on any atom is 0.338 e. The average Bonchev–Trinajstić information content (AvgIpc) is 2.26. The van der Waals surface area contributed by atoms with Gasteiger partial charge in [0.15, 0.2) is 0 Å². The van der Waals surface area contributed by atoms with Crippen molar-refractivity contribution in [3.05, 3.63) is 21.8 Å². The highest BCUT2D eigenvalue weighted by Crippen LogP contribution is 2.32. The van der Waals surface area contributed by atoms with Crippen molar-refractivity contribution in [3.8, 4) is 5.88 Å². The first-order valence-electron chi connectivity index (χ1n) is 4.12. The lowest BCUT2D eigenvalue weighted by atomic mass is 10.1. The number of hydrogen-bond acceptors (Lipinski definition) is 4. The molecule has 0 atom stereocenters. The molecule has 0 aliphatic carbocycles. The minimum Gasteiger partial charge on any atom is -0.481 e. The van der Waals surface area contributed by atoms with E-state index in [2.05, 4.69) is 25.7 Å². The van der Waals surface area contributed by atoms with E-state index in [1.807, 2.05) is 0 Å². The summed E-state index contributed by atoms with van der Waals surface area (Å²) >= 11 is 2.86. The fourth-order valence-corrected chi connectivity index (χ4v) is 1.65. The molecule has 0 radical (unpaired) electrons. The molecule has 1 heterocycles. The number of carbonyl (C=O) groups excluding carboxylic acids is 1. The van der Waals surface area contributed by atoms with Gasteiger partial charge < -0.3 is 9.47 Å². The maximum absolute atomic E-state index is 12.7. The second kappa shape index (κ2) is 5.20. The summed E-state index contributed by atoms with van der Waals surface area (Å²) < 4.78 is 34.4. The van der Waals surface area contributed by atoms with Crippen molar-refractivity contribution < 1.29 is 23.0 Å². The molecule has 7 heteroatoms. The van der Waals surface area contributed by atoms with Crippen molar-refractivity contribution in [1.29, 1.82) is 0 Å². The van der Waals surface area contributed by atoms with Gasteiger partial charge >= 0.3 is 5.97 Å². The van der Waals surface area contributed by atoms with Crippen LogP contribution in [0.1, 0.15) is 22.3 Å². The number of carbonyl (C=O) groups is 1. The number of esters is 1. The number of ether oxygens (including phenoxy) is 2. The Morgan fingerprint density at radius 1 is 1.50 bits per heavy atom. The zero-order valence-electron chi connectivity index (χ0n) is 8.46. The highest BCUT2D eigenvalue weighted by Gasteiger charge is 2.24. The van der Waals surface area contributed by atoms with Gasteiger partial charge in [0.25, 0.3) is 6.43 Å². The van der Waals surface area contributed by atoms with Crippen LogP contribution in [0.25, 0.3) is 0 Å². The summed E-state index contributed by atoms with van der Waals surface area (Å²) in [6, 6.07) is 1.11. The van der Waals surface area contributed by atoms with E-state index in [9.17, 15) is 13.6 Å². The highest BCUT2D eigenvalue weighted by molar-refractivity contribution is 9.10. The Hall–Kier alpha value is -1.24. The van der Waals surface area contributed by atoms with Crippen LogP contribution >= 0.6 is 15.9 Å². The van der Waals surface area contributed by atoms with Gasteiger partial charge in [0.2, 0.25) is 5.88 Å². The minimum absolute atomic E-state index is 0.0525. The smallest absolute Gasteiger partial charge is 0.338 e. The monoisotopic (exact) mass is 295 g/mol. The summed E-state index contributed by atoms with van der Waals surface area (Å²) in [5.41, 5.74) is -0.774. The van der Waals surface area contributed by atoms with Crippen LogP contribution in [0.5, 0.6) is 5.88 Å². The molecule has 1 rings (SSSR count). The number of hydrogen-bond donors (Lipinski definition) is 0. The van der Waals surface area contributed by atoms with Gasteiger partial charge in [0.1, 0.15) is 4.60 Å². The molecule has 0 amide bonds. The van der Waals surface area contributed by atoms with Gasteiger partial charge in [-0.05, 0) is 15.9 Å². The van der Waals surface area contributed by atoms with Crippen molar-refractivity contribution in [2.45, 2.75) is 6.43 Å². The van der Waals surface area contributed by atoms with Crippen LogP contribution in [-0.4, -0.2) is 25.2 Å². The average molecular weight is 296 g/mol. The SMILES string of the molecule is COC(=O)c1cc(OC)nc(Br)c1C(F)F. The van der Waals surface area contributed by atoms with E-state index in [-0.39, 0.29) is 16.0 Å². The Labute approximate surface area is 98.7 Å². The van der Waals surface area contributed by atoms with Gasteiger partial charge in [0.05, 0.1) is 25.3 Å². The van der Waals surface area contributed by atoms with Crippen LogP contribution in [0.4, 0.5) is 8.78 Å².